The summed E-state index contributed by atoms with van der Waals surface area (Å²) in [5.41, 5.74) is 2.75. The number of rotatable bonds is 7. The van der Waals surface area contributed by atoms with Crippen molar-refractivity contribution < 1.29 is 4.79 Å². The van der Waals surface area contributed by atoms with Gasteiger partial charge in [-0.1, -0.05) is 54.9 Å². The predicted molar refractivity (Wildman–Crippen MR) is 129 cm³/mol. The van der Waals surface area contributed by atoms with E-state index in [1.807, 2.05) is 17.4 Å². The molecule has 3 aromatic rings. The van der Waals surface area contributed by atoms with Crippen LogP contribution in [-0.2, 0) is 30.5 Å². The Morgan fingerprint density at radius 1 is 1.03 bits per heavy atom. The molecule has 0 atom stereocenters. The molecule has 2 aliphatic carbocycles. The maximum atomic E-state index is 12.6. The van der Waals surface area contributed by atoms with Crippen molar-refractivity contribution in [1.29, 1.82) is 0 Å². The van der Waals surface area contributed by atoms with Crippen LogP contribution < -0.4 is 5.32 Å². The fraction of sp³-hybridized carbons (Fsp3) is 0.480. The van der Waals surface area contributed by atoms with Gasteiger partial charge in [-0.2, -0.15) is 0 Å². The fourth-order valence-corrected chi connectivity index (χ4v) is 6.99. The van der Waals surface area contributed by atoms with Crippen LogP contribution in [0.4, 0.5) is 0 Å². The van der Waals surface area contributed by atoms with E-state index in [0.717, 1.165) is 54.2 Å². The molecule has 1 saturated carbocycles. The van der Waals surface area contributed by atoms with Crippen LogP contribution in [-0.4, -0.2) is 27.7 Å². The molecular formula is C25H29N3OS2. The van der Waals surface area contributed by atoms with Gasteiger partial charge in [0, 0.05) is 22.7 Å². The summed E-state index contributed by atoms with van der Waals surface area (Å²) >= 11 is 3.44. The lowest BCUT2D eigenvalue weighted by Gasteiger charge is -2.13. The van der Waals surface area contributed by atoms with Crippen LogP contribution >= 0.6 is 23.1 Å². The van der Waals surface area contributed by atoms with Gasteiger partial charge in [0.1, 0.15) is 15.7 Å². The van der Waals surface area contributed by atoms with Crippen LogP contribution in [0.5, 0.6) is 0 Å². The average Bonchev–Trinajstić information content (AvgIpc) is 3.44. The van der Waals surface area contributed by atoms with Crippen LogP contribution in [0.25, 0.3) is 10.2 Å². The van der Waals surface area contributed by atoms with Crippen molar-refractivity contribution in [3.8, 4) is 0 Å². The molecule has 31 heavy (non-hydrogen) atoms. The van der Waals surface area contributed by atoms with Crippen molar-refractivity contribution in [2.45, 2.75) is 75.3 Å². The van der Waals surface area contributed by atoms with E-state index < -0.39 is 0 Å². The molecule has 2 heterocycles. The van der Waals surface area contributed by atoms with Gasteiger partial charge in [0.2, 0.25) is 5.91 Å². The number of hydrogen-bond acceptors (Lipinski definition) is 5. The molecule has 0 unspecified atom stereocenters. The SMILES string of the molecule is O=C(CSc1nc(CCc2ccccc2)nc2sc3c(c12)CCCC3)NC1CCCC1. The Morgan fingerprint density at radius 2 is 1.84 bits per heavy atom. The maximum absolute atomic E-state index is 12.6. The highest BCUT2D eigenvalue weighted by Crippen LogP contribution is 2.39. The van der Waals surface area contributed by atoms with Gasteiger partial charge in [-0.3, -0.25) is 4.79 Å². The summed E-state index contributed by atoms with van der Waals surface area (Å²) in [5, 5.41) is 5.45. The molecule has 4 nitrogen and oxygen atoms in total. The van der Waals surface area contributed by atoms with Gasteiger partial charge >= 0.3 is 0 Å². The molecule has 0 bridgehead atoms. The molecule has 1 amide bonds. The van der Waals surface area contributed by atoms with Crippen LogP contribution in [0.15, 0.2) is 35.4 Å². The second kappa shape index (κ2) is 9.70. The summed E-state index contributed by atoms with van der Waals surface area (Å²) in [6.45, 7) is 0. The predicted octanol–water partition coefficient (Wildman–Crippen LogP) is 5.51. The van der Waals surface area contributed by atoms with Crippen LogP contribution in [0.3, 0.4) is 0 Å². The van der Waals surface area contributed by atoms with Gasteiger partial charge in [0.25, 0.3) is 0 Å². The van der Waals surface area contributed by atoms with E-state index in [9.17, 15) is 4.79 Å². The second-order valence-electron chi connectivity index (χ2n) is 8.66. The smallest absolute Gasteiger partial charge is 0.230 e. The zero-order valence-electron chi connectivity index (χ0n) is 17.9. The van der Waals surface area contributed by atoms with E-state index >= 15 is 0 Å². The van der Waals surface area contributed by atoms with Gasteiger partial charge in [0.05, 0.1) is 5.75 Å². The summed E-state index contributed by atoms with van der Waals surface area (Å²) in [5.74, 6) is 1.47. The van der Waals surface area contributed by atoms with Crippen molar-refractivity contribution in [2.24, 2.45) is 0 Å². The van der Waals surface area contributed by atoms with Gasteiger partial charge in [-0.15, -0.1) is 11.3 Å². The van der Waals surface area contributed by atoms with E-state index in [1.165, 1.54) is 47.1 Å². The average molecular weight is 452 g/mol. The van der Waals surface area contributed by atoms with Gasteiger partial charge in [-0.05, 0) is 56.1 Å². The number of thioether (sulfide) groups is 1. The number of carbonyl (C=O) groups excluding carboxylic acids is 1. The van der Waals surface area contributed by atoms with Gasteiger partial charge < -0.3 is 5.32 Å². The topological polar surface area (TPSA) is 54.9 Å². The Hall–Kier alpha value is -1.92. The molecule has 1 N–H and O–H groups in total. The number of thiophene rings is 1. The van der Waals surface area contributed by atoms with E-state index in [2.05, 4.69) is 29.6 Å². The number of aryl methyl sites for hydroxylation is 4. The zero-order chi connectivity index (χ0) is 21.0. The third-order valence-corrected chi connectivity index (χ3v) is 8.53. The number of benzene rings is 1. The number of nitrogens with zero attached hydrogens (tertiary/aromatic N) is 2. The molecule has 0 spiro atoms. The molecule has 2 aromatic heterocycles. The Labute approximate surface area is 192 Å². The van der Waals surface area contributed by atoms with E-state index in [0.29, 0.717) is 11.8 Å². The van der Waals surface area contributed by atoms with Crippen molar-refractivity contribution in [3.05, 3.63) is 52.2 Å². The standard InChI is InChI=1S/C25H29N3OS2/c29-22(26-18-10-4-5-11-18)16-30-24-23-19-12-6-7-13-20(19)31-25(23)28-21(27-24)15-14-17-8-2-1-3-9-17/h1-3,8-9,18H,4-7,10-16H2,(H,26,29). The molecule has 6 heteroatoms. The summed E-state index contributed by atoms with van der Waals surface area (Å²) in [6.07, 6.45) is 11.2. The number of nitrogens with one attached hydrogen (secondary N) is 1. The molecule has 1 fully saturated rings. The summed E-state index contributed by atoms with van der Waals surface area (Å²) < 4.78 is 0. The van der Waals surface area contributed by atoms with E-state index in [1.54, 1.807) is 11.8 Å². The monoisotopic (exact) mass is 451 g/mol. The molecule has 5 rings (SSSR count). The number of carbonyl (C=O) groups is 1. The number of aromatic nitrogens is 2. The molecule has 0 saturated heterocycles. The first-order valence-electron chi connectivity index (χ1n) is 11.5. The largest absolute Gasteiger partial charge is 0.353 e. The van der Waals surface area contributed by atoms with Crippen LogP contribution in [0.1, 0.15) is 60.4 Å². The lowest BCUT2D eigenvalue weighted by molar-refractivity contribution is -0.119. The third-order valence-electron chi connectivity index (χ3n) is 6.37. The number of fused-ring (bicyclic) bond motifs is 3. The highest BCUT2D eigenvalue weighted by atomic mass is 32.2. The van der Waals surface area contributed by atoms with Crippen LogP contribution in [0, 0.1) is 0 Å². The quantitative estimate of drug-likeness (QED) is 0.380. The molecular weight excluding hydrogens is 422 g/mol. The van der Waals surface area contributed by atoms with E-state index in [4.69, 9.17) is 9.97 Å². The minimum atomic E-state index is 0.138. The minimum Gasteiger partial charge on any atom is -0.353 e. The van der Waals surface area contributed by atoms with Crippen molar-refractivity contribution in [2.75, 3.05) is 5.75 Å². The Bertz CT molecular complexity index is 1060. The third kappa shape index (κ3) is 4.96. The Morgan fingerprint density at radius 3 is 2.68 bits per heavy atom. The lowest BCUT2D eigenvalue weighted by Crippen LogP contribution is -2.33. The Balaban J connectivity index is 1.38. The molecule has 0 aliphatic heterocycles. The van der Waals surface area contributed by atoms with Crippen LogP contribution in [0.2, 0.25) is 0 Å². The second-order valence-corrected chi connectivity index (χ2v) is 10.7. The first kappa shape index (κ1) is 21.0. The zero-order valence-corrected chi connectivity index (χ0v) is 19.5. The normalized spacial score (nSPS) is 16.5. The van der Waals surface area contributed by atoms with Gasteiger partial charge in [0.15, 0.2) is 0 Å². The van der Waals surface area contributed by atoms with E-state index in [-0.39, 0.29) is 5.91 Å². The lowest BCUT2D eigenvalue weighted by atomic mass is 9.97. The molecule has 162 valence electrons. The number of amides is 1. The molecule has 2 aliphatic rings. The molecule has 1 aromatic carbocycles. The summed E-state index contributed by atoms with van der Waals surface area (Å²) in [4.78, 5) is 25.1. The maximum Gasteiger partial charge on any atom is 0.230 e. The fourth-order valence-electron chi connectivity index (χ4n) is 4.76. The molecule has 0 radical (unpaired) electrons. The summed E-state index contributed by atoms with van der Waals surface area (Å²) in [6, 6.07) is 10.9. The highest BCUT2D eigenvalue weighted by molar-refractivity contribution is 8.00. The minimum absolute atomic E-state index is 0.138. The van der Waals surface area contributed by atoms with Crippen molar-refractivity contribution in [1.82, 2.24) is 15.3 Å². The first-order valence-corrected chi connectivity index (χ1v) is 13.3. The van der Waals surface area contributed by atoms with Crippen molar-refractivity contribution >= 4 is 39.2 Å². The highest BCUT2D eigenvalue weighted by Gasteiger charge is 2.23. The Kier molecular flexibility index (Phi) is 6.55. The van der Waals surface area contributed by atoms with Gasteiger partial charge in [-0.25, -0.2) is 9.97 Å². The summed E-state index contributed by atoms with van der Waals surface area (Å²) in [7, 11) is 0. The first-order chi connectivity index (χ1) is 15.3. The van der Waals surface area contributed by atoms with Crippen molar-refractivity contribution in [3.63, 3.8) is 0 Å². The number of hydrogen-bond donors (Lipinski definition) is 1.